The van der Waals surface area contributed by atoms with Gasteiger partial charge in [-0.25, -0.2) is 0 Å². The molecule has 2 unspecified atom stereocenters. The van der Waals surface area contributed by atoms with E-state index in [0.717, 1.165) is 16.6 Å². The van der Waals surface area contributed by atoms with Gasteiger partial charge in [0.25, 0.3) is 5.91 Å². The number of likely N-dealkylation sites (N-methyl/N-ethyl adjacent to an activating group) is 1. The summed E-state index contributed by atoms with van der Waals surface area (Å²) in [7, 11) is 5.09. The Morgan fingerprint density at radius 3 is 2.72 bits per heavy atom. The van der Waals surface area contributed by atoms with Gasteiger partial charge < -0.3 is 25.3 Å². The second-order valence-electron chi connectivity index (χ2n) is 6.49. The van der Waals surface area contributed by atoms with Crippen LogP contribution < -0.4 is 15.8 Å². The molecule has 1 aliphatic rings. The molecule has 134 valence electrons. The Kier molecular flexibility index (Phi) is 4.43. The van der Waals surface area contributed by atoms with Crippen LogP contribution in [-0.4, -0.2) is 54.1 Å². The molecule has 2 heterocycles. The van der Waals surface area contributed by atoms with E-state index in [1.54, 1.807) is 19.1 Å². The number of aryl methyl sites for hydroxylation is 1. The second-order valence-corrected chi connectivity index (χ2v) is 6.49. The van der Waals surface area contributed by atoms with Gasteiger partial charge in [-0.3, -0.25) is 9.59 Å². The molecule has 1 aromatic carbocycles. The van der Waals surface area contributed by atoms with Gasteiger partial charge in [-0.2, -0.15) is 0 Å². The molecule has 0 saturated carbocycles. The Hall–Kier alpha value is -2.54. The highest BCUT2D eigenvalue weighted by molar-refractivity contribution is 6.10. The minimum Gasteiger partial charge on any atom is -0.497 e. The smallest absolute Gasteiger partial charge is 0.257 e. The predicted molar refractivity (Wildman–Crippen MR) is 95.7 cm³/mol. The minimum absolute atomic E-state index is 0.169. The maximum absolute atomic E-state index is 13.3. The van der Waals surface area contributed by atoms with Crippen LogP contribution in [0.15, 0.2) is 18.2 Å². The summed E-state index contributed by atoms with van der Waals surface area (Å²) in [5.74, 6) is 0.336. The Bertz CT molecular complexity index is 842. The Morgan fingerprint density at radius 2 is 2.08 bits per heavy atom. The van der Waals surface area contributed by atoms with Crippen molar-refractivity contribution in [1.82, 2.24) is 14.8 Å². The maximum atomic E-state index is 13.3. The monoisotopic (exact) mass is 344 g/mol. The first kappa shape index (κ1) is 17.3. The summed E-state index contributed by atoms with van der Waals surface area (Å²) in [5.41, 5.74) is 8.42. The number of likely N-dealkylation sites (tertiary alicyclic amines) is 1. The number of nitrogens with two attached hydrogens (primary N) is 1. The average molecular weight is 344 g/mol. The molecule has 7 heteroatoms. The standard InChI is InChI=1S/C18H24N4O3/c1-10-16(13-8-12(25-4)5-6-14(13)21(10)3)18(24)22-9-11(19)7-15(22)17(23)20-2/h5-6,8,11,15H,7,9,19H2,1-4H3,(H,20,23). The molecule has 1 fully saturated rings. The summed E-state index contributed by atoms with van der Waals surface area (Å²) in [5, 5.41) is 3.45. The highest BCUT2D eigenvalue weighted by atomic mass is 16.5. The van der Waals surface area contributed by atoms with Gasteiger partial charge in [0.2, 0.25) is 5.91 Å². The van der Waals surface area contributed by atoms with Crippen LogP contribution in [0.1, 0.15) is 22.5 Å². The lowest BCUT2D eigenvalue weighted by atomic mass is 10.1. The van der Waals surface area contributed by atoms with E-state index in [4.69, 9.17) is 10.5 Å². The summed E-state index contributed by atoms with van der Waals surface area (Å²) in [6, 6.07) is 4.93. The van der Waals surface area contributed by atoms with Gasteiger partial charge >= 0.3 is 0 Å². The number of methoxy groups -OCH3 is 1. The van der Waals surface area contributed by atoms with Crippen LogP contribution in [0.25, 0.3) is 10.9 Å². The first-order valence-electron chi connectivity index (χ1n) is 8.30. The highest BCUT2D eigenvalue weighted by Gasteiger charge is 2.39. The van der Waals surface area contributed by atoms with E-state index in [1.165, 1.54) is 0 Å². The summed E-state index contributed by atoms with van der Waals surface area (Å²) < 4.78 is 7.29. The fourth-order valence-electron chi connectivity index (χ4n) is 3.60. The van der Waals surface area contributed by atoms with E-state index in [0.29, 0.717) is 24.3 Å². The van der Waals surface area contributed by atoms with Crippen LogP contribution in [0.5, 0.6) is 5.75 Å². The molecule has 0 radical (unpaired) electrons. The van der Waals surface area contributed by atoms with Gasteiger partial charge in [-0.1, -0.05) is 0 Å². The molecule has 0 aliphatic carbocycles. The van der Waals surface area contributed by atoms with Crippen molar-refractivity contribution in [3.8, 4) is 5.75 Å². The number of amides is 2. The number of fused-ring (bicyclic) bond motifs is 1. The van der Waals surface area contributed by atoms with Crippen LogP contribution in [0, 0.1) is 6.92 Å². The number of carbonyl (C=O) groups is 2. The van der Waals surface area contributed by atoms with Gasteiger partial charge in [0.05, 0.1) is 12.7 Å². The number of ether oxygens (including phenoxy) is 1. The Morgan fingerprint density at radius 1 is 1.36 bits per heavy atom. The number of rotatable bonds is 3. The summed E-state index contributed by atoms with van der Waals surface area (Å²) in [6.45, 7) is 2.28. The van der Waals surface area contributed by atoms with Crippen molar-refractivity contribution in [1.29, 1.82) is 0 Å². The molecule has 7 nitrogen and oxygen atoms in total. The van der Waals surface area contributed by atoms with Crippen LogP contribution in [0.3, 0.4) is 0 Å². The molecule has 2 atom stereocenters. The van der Waals surface area contributed by atoms with Crippen LogP contribution >= 0.6 is 0 Å². The number of nitrogens with zero attached hydrogens (tertiary/aromatic N) is 2. The number of nitrogens with one attached hydrogen (secondary N) is 1. The Labute approximate surface area is 146 Å². The van der Waals surface area contributed by atoms with Crippen molar-refractivity contribution in [2.24, 2.45) is 12.8 Å². The van der Waals surface area contributed by atoms with Crippen molar-refractivity contribution < 1.29 is 14.3 Å². The third-order valence-electron chi connectivity index (χ3n) is 5.06. The molecule has 1 aliphatic heterocycles. The number of carbonyl (C=O) groups excluding carboxylic acids is 2. The van der Waals surface area contributed by atoms with E-state index >= 15 is 0 Å². The normalized spacial score (nSPS) is 20.1. The van der Waals surface area contributed by atoms with E-state index in [9.17, 15) is 9.59 Å². The van der Waals surface area contributed by atoms with E-state index in [1.807, 2.05) is 36.7 Å². The van der Waals surface area contributed by atoms with Crippen molar-refractivity contribution in [2.75, 3.05) is 20.7 Å². The van der Waals surface area contributed by atoms with Crippen LogP contribution in [0.2, 0.25) is 0 Å². The van der Waals surface area contributed by atoms with Gasteiger partial charge in [0.1, 0.15) is 11.8 Å². The third kappa shape index (κ3) is 2.74. The number of hydrogen-bond acceptors (Lipinski definition) is 4. The van der Waals surface area contributed by atoms with E-state index in [-0.39, 0.29) is 17.9 Å². The number of aromatic nitrogens is 1. The van der Waals surface area contributed by atoms with Crippen molar-refractivity contribution in [3.05, 3.63) is 29.5 Å². The van der Waals surface area contributed by atoms with Crippen LogP contribution in [-0.2, 0) is 11.8 Å². The topological polar surface area (TPSA) is 89.6 Å². The first-order chi connectivity index (χ1) is 11.9. The van der Waals surface area contributed by atoms with Gasteiger partial charge in [-0.05, 0) is 31.5 Å². The third-order valence-corrected chi connectivity index (χ3v) is 5.06. The Balaban J connectivity index is 2.10. The fourth-order valence-corrected chi connectivity index (χ4v) is 3.60. The number of benzene rings is 1. The highest BCUT2D eigenvalue weighted by Crippen LogP contribution is 2.31. The molecular weight excluding hydrogens is 320 g/mol. The average Bonchev–Trinajstić information content (AvgIpc) is 3.12. The zero-order valence-electron chi connectivity index (χ0n) is 15.0. The molecule has 3 rings (SSSR count). The molecule has 3 N–H and O–H groups in total. The van der Waals surface area contributed by atoms with E-state index in [2.05, 4.69) is 5.32 Å². The summed E-state index contributed by atoms with van der Waals surface area (Å²) in [4.78, 5) is 27.1. The van der Waals surface area contributed by atoms with Gasteiger partial charge in [0.15, 0.2) is 0 Å². The summed E-state index contributed by atoms with van der Waals surface area (Å²) in [6.07, 6.45) is 0.471. The zero-order valence-corrected chi connectivity index (χ0v) is 15.0. The molecule has 1 saturated heterocycles. The molecule has 0 bridgehead atoms. The first-order valence-corrected chi connectivity index (χ1v) is 8.30. The number of hydrogen-bond donors (Lipinski definition) is 2. The van der Waals surface area contributed by atoms with Crippen molar-refractivity contribution in [2.45, 2.75) is 25.4 Å². The largest absolute Gasteiger partial charge is 0.497 e. The van der Waals surface area contributed by atoms with Crippen molar-refractivity contribution >= 4 is 22.7 Å². The molecule has 2 aromatic rings. The lowest BCUT2D eigenvalue weighted by Crippen LogP contribution is -2.45. The predicted octanol–water partition coefficient (Wildman–Crippen LogP) is 0.783. The second kappa shape index (κ2) is 6.40. The lowest BCUT2D eigenvalue weighted by molar-refractivity contribution is -0.124. The molecule has 1 aromatic heterocycles. The SMILES string of the molecule is CNC(=O)C1CC(N)CN1C(=O)c1c(C)n(C)c2ccc(OC)cc12. The molecular formula is C18H24N4O3. The molecule has 2 amide bonds. The summed E-state index contributed by atoms with van der Waals surface area (Å²) >= 11 is 0. The fraction of sp³-hybridized carbons (Fsp3) is 0.444. The van der Waals surface area contributed by atoms with Crippen LogP contribution in [0.4, 0.5) is 0 Å². The minimum atomic E-state index is -0.534. The maximum Gasteiger partial charge on any atom is 0.257 e. The quantitative estimate of drug-likeness (QED) is 0.861. The zero-order chi connectivity index (χ0) is 18.3. The van der Waals surface area contributed by atoms with E-state index < -0.39 is 6.04 Å². The lowest BCUT2D eigenvalue weighted by Gasteiger charge is -2.23. The van der Waals surface area contributed by atoms with Gasteiger partial charge in [-0.15, -0.1) is 0 Å². The molecule has 25 heavy (non-hydrogen) atoms. The van der Waals surface area contributed by atoms with Crippen molar-refractivity contribution in [3.63, 3.8) is 0 Å². The molecule has 0 spiro atoms. The van der Waals surface area contributed by atoms with Gasteiger partial charge in [0, 0.05) is 43.3 Å².